The molecular weight excluding hydrogens is 186 g/mol. The second kappa shape index (κ2) is 3.79. The molecule has 0 saturated carbocycles. The minimum atomic E-state index is -1.49. The normalized spacial score (nSPS) is 26.7. The SMILES string of the molecule is CCOC1([N+](=O)[O-])C=CC(O)=C(C)C1. The summed E-state index contributed by atoms with van der Waals surface area (Å²) in [4.78, 5) is 10.4. The molecule has 0 saturated heterocycles. The van der Waals surface area contributed by atoms with Gasteiger partial charge < -0.3 is 9.84 Å². The van der Waals surface area contributed by atoms with Gasteiger partial charge in [0.25, 0.3) is 0 Å². The Kier molecular flexibility index (Phi) is 2.90. The smallest absolute Gasteiger partial charge is 0.348 e. The second-order valence-corrected chi connectivity index (χ2v) is 3.21. The van der Waals surface area contributed by atoms with Crippen LogP contribution in [-0.4, -0.2) is 22.4 Å². The molecule has 0 aromatic rings. The molecule has 0 bridgehead atoms. The highest BCUT2D eigenvalue weighted by Crippen LogP contribution is 2.29. The first-order valence-corrected chi connectivity index (χ1v) is 4.38. The van der Waals surface area contributed by atoms with Gasteiger partial charge in [0.15, 0.2) is 0 Å². The number of aliphatic hydroxyl groups excluding tert-OH is 1. The Hall–Kier alpha value is -1.36. The summed E-state index contributed by atoms with van der Waals surface area (Å²) in [5, 5.41) is 20.1. The zero-order chi connectivity index (χ0) is 10.8. The van der Waals surface area contributed by atoms with Crippen LogP contribution in [0.5, 0.6) is 0 Å². The van der Waals surface area contributed by atoms with Gasteiger partial charge in [-0.25, -0.2) is 0 Å². The van der Waals surface area contributed by atoms with Crippen LogP contribution in [0.25, 0.3) is 0 Å². The van der Waals surface area contributed by atoms with Crippen molar-refractivity contribution < 1.29 is 14.8 Å². The zero-order valence-electron chi connectivity index (χ0n) is 8.19. The van der Waals surface area contributed by atoms with Crippen LogP contribution < -0.4 is 0 Å². The fourth-order valence-electron chi connectivity index (χ4n) is 1.41. The lowest BCUT2D eigenvalue weighted by Crippen LogP contribution is -2.41. The van der Waals surface area contributed by atoms with Crippen molar-refractivity contribution in [1.29, 1.82) is 0 Å². The van der Waals surface area contributed by atoms with E-state index in [0.717, 1.165) is 0 Å². The van der Waals surface area contributed by atoms with E-state index in [-0.39, 0.29) is 18.8 Å². The predicted molar refractivity (Wildman–Crippen MR) is 50.4 cm³/mol. The van der Waals surface area contributed by atoms with Crippen molar-refractivity contribution in [1.82, 2.24) is 0 Å². The molecule has 1 aliphatic carbocycles. The van der Waals surface area contributed by atoms with Crippen molar-refractivity contribution in [3.8, 4) is 0 Å². The van der Waals surface area contributed by atoms with Crippen molar-refractivity contribution in [3.63, 3.8) is 0 Å². The maximum absolute atomic E-state index is 10.8. The number of hydrogen-bond donors (Lipinski definition) is 1. The molecule has 0 aromatic heterocycles. The average Bonchev–Trinajstić information content (AvgIpc) is 2.12. The van der Waals surface area contributed by atoms with Crippen LogP contribution in [0.2, 0.25) is 0 Å². The molecule has 0 fully saturated rings. The van der Waals surface area contributed by atoms with E-state index in [2.05, 4.69) is 0 Å². The monoisotopic (exact) mass is 199 g/mol. The van der Waals surface area contributed by atoms with Gasteiger partial charge in [-0.3, -0.25) is 10.1 Å². The fourth-order valence-corrected chi connectivity index (χ4v) is 1.41. The summed E-state index contributed by atoms with van der Waals surface area (Å²) in [6.07, 6.45) is 2.70. The van der Waals surface area contributed by atoms with E-state index >= 15 is 0 Å². The number of aliphatic hydroxyl groups is 1. The molecule has 14 heavy (non-hydrogen) atoms. The average molecular weight is 199 g/mol. The van der Waals surface area contributed by atoms with Crippen LogP contribution in [0.4, 0.5) is 0 Å². The molecule has 1 N–H and O–H groups in total. The molecule has 5 heteroatoms. The number of nitro groups is 1. The number of allylic oxidation sites excluding steroid dienone is 1. The van der Waals surface area contributed by atoms with Crippen LogP contribution in [0.1, 0.15) is 20.3 Å². The second-order valence-electron chi connectivity index (χ2n) is 3.21. The lowest BCUT2D eigenvalue weighted by molar-refractivity contribution is -0.613. The highest BCUT2D eigenvalue weighted by molar-refractivity contribution is 5.26. The van der Waals surface area contributed by atoms with Gasteiger partial charge in [0.2, 0.25) is 0 Å². The Morgan fingerprint density at radius 1 is 1.79 bits per heavy atom. The van der Waals surface area contributed by atoms with Gasteiger partial charge in [-0.05, 0) is 25.5 Å². The minimum absolute atomic E-state index is 0.0854. The number of nitrogens with zero attached hydrogens (tertiary/aromatic N) is 1. The van der Waals surface area contributed by atoms with Crippen molar-refractivity contribution >= 4 is 0 Å². The van der Waals surface area contributed by atoms with E-state index in [9.17, 15) is 15.2 Å². The van der Waals surface area contributed by atoms with Gasteiger partial charge in [0.1, 0.15) is 5.76 Å². The molecule has 0 amide bonds. The van der Waals surface area contributed by atoms with Crippen LogP contribution >= 0.6 is 0 Å². The van der Waals surface area contributed by atoms with Crippen molar-refractivity contribution in [2.75, 3.05) is 6.61 Å². The van der Waals surface area contributed by atoms with Gasteiger partial charge in [-0.1, -0.05) is 0 Å². The van der Waals surface area contributed by atoms with Gasteiger partial charge in [0.05, 0.1) is 18.0 Å². The third-order valence-corrected chi connectivity index (χ3v) is 2.16. The first-order valence-electron chi connectivity index (χ1n) is 4.38. The molecule has 1 aliphatic rings. The van der Waals surface area contributed by atoms with E-state index in [1.54, 1.807) is 13.8 Å². The third kappa shape index (κ3) is 1.77. The maximum atomic E-state index is 10.8. The standard InChI is InChI=1S/C9H13NO4/c1-3-14-9(10(12)13)5-4-8(11)7(2)6-9/h4-5,11H,3,6H2,1-2H3. The fraction of sp³-hybridized carbons (Fsp3) is 0.556. The van der Waals surface area contributed by atoms with E-state index < -0.39 is 10.6 Å². The summed E-state index contributed by atoms with van der Waals surface area (Å²) in [6, 6.07) is 0. The van der Waals surface area contributed by atoms with Crippen LogP contribution in [0.3, 0.4) is 0 Å². The topological polar surface area (TPSA) is 72.6 Å². The number of hydrogen-bond acceptors (Lipinski definition) is 4. The van der Waals surface area contributed by atoms with Crippen LogP contribution in [0.15, 0.2) is 23.5 Å². The molecule has 1 atom stereocenters. The van der Waals surface area contributed by atoms with Gasteiger partial charge >= 0.3 is 5.72 Å². The summed E-state index contributed by atoms with van der Waals surface area (Å²) in [7, 11) is 0. The number of ether oxygens (including phenoxy) is 1. The predicted octanol–water partition coefficient (Wildman–Crippen LogP) is 1.79. The van der Waals surface area contributed by atoms with Crippen molar-refractivity contribution in [2.24, 2.45) is 0 Å². The molecule has 1 unspecified atom stereocenters. The molecule has 1 rings (SSSR count). The van der Waals surface area contributed by atoms with Crippen LogP contribution in [0, 0.1) is 10.1 Å². The summed E-state index contributed by atoms with van der Waals surface area (Å²) in [6.45, 7) is 3.61. The Balaban J connectivity index is 2.96. The Labute approximate surface area is 81.8 Å². The van der Waals surface area contributed by atoms with Gasteiger partial charge in [-0.15, -0.1) is 0 Å². The van der Waals surface area contributed by atoms with Crippen LogP contribution in [-0.2, 0) is 4.74 Å². The summed E-state index contributed by atoms with van der Waals surface area (Å²) in [5.74, 6) is 0.0854. The Morgan fingerprint density at radius 3 is 2.86 bits per heavy atom. The molecule has 78 valence electrons. The van der Waals surface area contributed by atoms with Gasteiger partial charge in [0, 0.05) is 6.08 Å². The van der Waals surface area contributed by atoms with Crippen molar-refractivity contribution in [2.45, 2.75) is 26.0 Å². The molecular formula is C9H13NO4. The molecule has 0 radical (unpaired) electrons. The first-order chi connectivity index (χ1) is 6.52. The van der Waals surface area contributed by atoms with E-state index in [0.29, 0.717) is 5.57 Å². The largest absolute Gasteiger partial charge is 0.508 e. The van der Waals surface area contributed by atoms with Gasteiger partial charge in [-0.2, -0.15) is 0 Å². The zero-order valence-corrected chi connectivity index (χ0v) is 8.19. The summed E-state index contributed by atoms with van der Waals surface area (Å²) in [5.41, 5.74) is -0.928. The molecule has 0 spiro atoms. The lowest BCUT2D eigenvalue weighted by atomic mass is 9.97. The van der Waals surface area contributed by atoms with E-state index in [4.69, 9.17) is 4.74 Å². The quantitative estimate of drug-likeness (QED) is 0.427. The highest BCUT2D eigenvalue weighted by atomic mass is 16.7. The lowest BCUT2D eigenvalue weighted by Gasteiger charge is -2.24. The highest BCUT2D eigenvalue weighted by Gasteiger charge is 2.43. The maximum Gasteiger partial charge on any atom is 0.348 e. The molecule has 5 nitrogen and oxygen atoms in total. The van der Waals surface area contributed by atoms with E-state index in [1.165, 1.54) is 12.2 Å². The molecule has 0 aromatic carbocycles. The summed E-state index contributed by atoms with van der Waals surface area (Å²) >= 11 is 0. The van der Waals surface area contributed by atoms with Crippen molar-refractivity contribution in [3.05, 3.63) is 33.6 Å². The number of rotatable bonds is 3. The molecule has 0 heterocycles. The summed E-state index contributed by atoms with van der Waals surface area (Å²) < 4.78 is 5.12. The Morgan fingerprint density at radius 2 is 2.43 bits per heavy atom. The molecule has 0 aliphatic heterocycles. The third-order valence-electron chi connectivity index (χ3n) is 2.16. The Bertz CT molecular complexity index is 308. The van der Waals surface area contributed by atoms with E-state index in [1.807, 2.05) is 0 Å². The minimum Gasteiger partial charge on any atom is -0.508 e. The first kappa shape index (κ1) is 10.7.